The van der Waals surface area contributed by atoms with Gasteiger partial charge in [-0.2, -0.15) is 0 Å². The number of likely N-dealkylation sites (tertiary alicyclic amines) is 2. The average Bonchev–Trinajstić information content (AvgIpc) is 3.05. The fourth-order valence-corrected chi connectivity index (χ4v) is 6.36. The maximum Gasteiger partial charge on any atom is 0.0291 e. The molecule has 2 heteroatoms. The highest BCUT2D eigenvalue weighted by atomic mass is 15.3. The minimum absolute atomic E-state index is 0.744. The first-order valence-electron chi connectivity index (χ1n) is 7.90. The van der Waals surface area contributed by atoms with Gasteiger partial charge in [-0.05, 0) is 82.5 Å². The minimum Gasteiger partial charge on any atom is -0.300 e. The van der Waals surface area contributed by atoms with Gasteiger partial charge in [0, 0.05) is 11.6 Å². The van der Waals surface area contributed by atoms with E-state index in [0.29, 0.717) is 0 Å². The van der Waals surface area contributed by atoms with Gasteiger partial charge in [-0.1, -0.05) is 0 Å². The first kappa shape index (κ1) is 9.80. The predicted octanol–water partition coefficient (Wildman–Crippen LogP) is 1.96. The van der Waals surface area contributed by atoms with Crippen LogP contribution in [0, 0.1) is 17.8 Å². The number of nitrogens with zero attached hydrogens (tertiary/aromatic N) is 2. The van der Waals surface area contributed by atoms with Crippen molar-refractivity contribution >= 4 is 0 Å². The topological polar surface area (TPSA) is 6.48 Å². The quantitative estimate of drug-likeness (QED) is 0.718. The monoisotopic (exact) mass is 232 g/mol. The van der Waals surface area contributed by atoms with Crippen LogP contribution in [-0.4, -0.2) is 47.6 Å². The van der Waals surface area contributed by atoms with Crippen LogP contribution in [0.25, 0.3) is 0 Å². The highest BCUT2D eigenvalue weighted by molar-refractivity contribution is 5.34. The number of rotatable bonds is 2. The van der Waals surface area contributed by atoms with Crippen LogP contribution in [-0.2, 0) is 0 Å². The lowest BCUT2D eigenvalue weighted by molar-refractivity contribution is 0.185. The second-order valence-electron chi connectivity index (χ2n) is 7.25. The average molecular weight is 232 g/mol. The third-order valence-electron chi connectivity index (χ3n) is 6.80. The molecule has 6 aliphatic rings. The first-order chi connectivity index (χ1) is 8.41. The maximum absolute atomic E-state index is 2.92. The van der Waals surface area contributed by atoms with Gasteiger partial charge in [0.15, 0.2) is 0 Å². The zero-order valence-corrected chi connectivity index (χ0v) is 10.8. The lowest BCUT2D eigenvalue weighted by atomic mass is 10.1. The molecule has 2 aliphatic heterocycles. The third-order valence-corrected chi connectivity index (χ3v) is 6.80. The van der Waals surface area contributed by atoms with Crippen LogP contribution < -0.4 is 0 Å². The largest absolute Gasteiger partial charge is 0.300 e. The van der Waals surface area contributed by atoms with Crippen molar-refractivity contribution in [2.24, 2.45) is 17.8 Å². The SMILES string of the molecule is C1CCN(C2C3[C@@H]4C[C@H]2CC34N2CCCC2)C1. The first-order valence-corrected chi connectivity index (χ1v) is 7.90. The van der Waals surface area contributed by atoms with Crippen LogP contribution >= 0.6 is 0 Å². The van der Waals surface area contributed by atoms with Crippen molar-refractivity contribution in [1.29, 1.82) is 0 Å². The molecule has 4 saturated carbocycles. The second-order valence-corrected chi connectivity index (χ2v) is 7.25. The fraction of sp³-hybridized carbons (Fsp3) is 1.00. The van der Waals surface area contributed by atoms with Gasteiger partial charge in [0.05, 0.1) is 0 Å². The third kappa shape index (κ3) is 1.02. The Morgan fingerprint density at radius 1 is 0.882 bits per heavy atom. The highest BCUT2D eigenvalue weighted by Gasteiger charge is 2.81. The van der Waals surface area contributed by atoms with Crippen LogP contribution in [0.3, 0.4) is 0 Å². The lowest BCUT2D eigenvalue weighted by Gasteiger charge is -2.27. The van der Waals surface area contributed by atoms with E-state index in [-0.39, 0.29) is 0 Å². The molecule has 2 saturated heterocycles. The smallest absolute Gasteiger partial charge is 0.0291 e. The van der Waals surface area contributed by atoms with Gasteiger partial charge < -0.3 is 0 Å². The van der Waals surface area contributed by atoms with Crippen molar-refractivity contribution in [1.82, 2.24) is 9.80 Å². The van der Waals surface area contributed by atoms with Crippen LogP contribution in [0.2, 0.25) is 0 Å². The Morgan fingerprint density at radius 3 is 2.29 bits per heavy atom. The second kappa shape index (κ2) is 3.08. The van der Waals surface area contributed by atoms with E-state index in [0.717, 1.165) is 29.3 Å². The van der Waals surface area contributed by atoms with Crippen molar-refractivity contribution in [3.05, 3.63) is 0 Å². The summed E-state index contributed by atoms with van der Waals surface area (Å²) in [7, 11) is 0. The summed E-state index contributed by atoms with van der Waals surface area (Å²) < 4.78 is 0. The molecule has 4 bridgehead atoms. The number of hydrogen-bond donors (Lipinski definition) is 0. The van der Waals surface area contributed by atoms with E-state index in [1.54, 1.807) is 12.8 Å². The molecule has 0 N–H and O–H groups in total. The van der Waals surface area contributed by atoms with E-state index in [4.69, 9.17) is 0 Å². The van der Waals surface area contributed by atoms with E-state index in [2.05, 4.69) is 9.80 Å². The molecule has 2 heterocycles. The van der Waals surface area contributed by atoms with Gasteiger partial charge in [0.1, 0.15) is 0 Å². The van der Waals surface area contributed by atoms with Gasteiger partial charge in [0.25, 0.3) is 0 Å². The minimum atomic E-state index is 0.744. The van der Waals surface area contributed by atoms with E-state index in [9.17, 15) is 0 Å². The van der Waals surface area contributed by atoms with Crippen molar-refractivity contribution < 1.29 is 0 Å². The zero-order chi connectivity index (χ0) is 11.0. The van der Waals surface area contributed by atoms with Crippen molar-refractivity contribution in [2.45, 2.75) is 50.1 Å². The molecule has 0 spiro atoms. The molecule has 0 aromatic heterocycles. The van der Waals surface area contributed by atoms with E-state index < -0.39 is 0 Å². The lowest BCUT2D eigenvalue weighted by Crippen LogP contribution is -2.38. The summed E-state index contributed by atoms with van der Waals surface area (Å²) in [6.07, 6.45) is 9.04. The Bertz CT molecular complexity index is 343. The molecular formula is C15H24N2. The zero-order valence-electron chi connectivity index (χ0n) is 10.8. The molecule has 5 atom stereocenters. The molecule has 6 rings (SSSR count). The molecule has 4 aliphatic carbocycles. The normalized spacial score (nSPS) is 57.2. The maximum atomic E-state index is 2.92. The van der Waals surface area contributed by atoms with E-state index >= 15 is 0 Å². The molecule has 0 amide bonds. The molecule has 94 valence electrons. The Balaban J connectivity index is 1.43. The van der Waals surface area contributed by atoms with Crippen LogP contribution in [0.4, 0.5) is 0 Å². The Kier molecular flexibility index (Phi) is 1.78. The van der Waals surface area contributed by atoms with Gasteiger partial charge >= 0.3 is 0 Å². The molecule has 3 unspecified atom stereocenters. The fourth-order valence-electron chi connectivity index (χ4n) is 6.36. The standard InChI is InChI=1S/C15H24N2/c1-2-6-16(5-1)14-11-9-12-13(14)15(12,10-11)17-7-3-4-8-17/h11-14H,1-10H2/t11-,12-,13?,14?,15?/m0/s1. The summed E-state index contributed by atoms with van der Waals surface area (Å²) in [5.41, 5.74) is 0.744. The summed E-state index contributed by atoms with van der Waals surface area (Å²) in [6.45, 7) is 5.68. The van der Waals surface area contributed by atoms with Gasteiger partial charge in [-0.15, -0.1) is 0 Å². The molecule has 17 heavy (non-hydrogen) atoms. The Labute approximate surface area is 104 Å². The summed E-state index contributed by atoms with van der Waals surface area (Å²) in [5, 5.41) is 0. The van der Waals surface area contributed by atoms with Crippen LogP contribution in [0.1, 0.15) is 38.5 Å². The summed E-state index contributed by atoms with van der Waals surface area (Å²) >= 11 is 0. The van der Waals surface area contributed by atoms with Gasteiger partial charge in [0.2, 0.25) is 0 Å². The van der Waals surface area contributed by atoms with Gasteiger partial charge in [-0.25, -0.2) is 0 Å². The van der Waals surface area contributed by atoms with Crippen LogP contribution in [0.5, 0.6) is 0 Å². The van der Waals surface area contributed by atoms with Crippen molar-refractivity contribution in [3.8, 4) is 0 Å². The summed E-state index contributed by atoms with van der Waals surface area (Å²) in [6, 6.07) is 1.02. The Hall–Kier alpha value is -0.0800. The number of hydrogen-bond acceptors (Lipinski definition) is 2. The molecule has 2 nitrogen and oxygen atoms in total. The van der Waals surface area contributed by atoms with E-state index in [1.807, 2.05) is 0 Å². The van der Waals surface area contributed by atoms with Crippen LogP contribution in [0.15, 0.2) is 0 Å². The van der Waals surface area contributed by atoms with Gasteiger partial charge in [-0.3, -0.25) is 9.80 Å². The molecule has 0 radical (unpaired) electrons. The van der Waals surface area contributed by atoms with E-state index in [1.165, 1.54) is 51.9 Å². The predicted molar refractivity (Wildman–Crippen MR) is 67.8 cm³/mol. The summed E-state index contributed by atoms with van der Waals surface area (Å²) in [4.78, 5) is 5.79. The summed E-state index contributed by atoms with van der Waals surface area (Å²) in [5.74, 6) is 3.31. The highest BCUT2D eigenvalue weighted by Crippen LogP contribution is 2.76. The molecule has 6 fully saturated rings. The van der Waals surface area contributed by atoms with Crippen molar-refractivity contribution in [2.75, 3.05) is 26.2 Å². The van der Waals surface area contributed by atoms with Crippen molar-refractivity contribution in [3.63, 3.8) is 0 Å². The Morgan fingerprint density at radius 2 is 1.59 bits per heavy atom. The molecule has 0 aromatic rings. The molecular weight excluding hydrogens is 208 g/mol. The molecule has 0 aromatic carbocycles.